The number of nitrogens with zero attached hydrogens (tertiary/aromatic N) is 4. The maximum Gasteiger partial charge on any atom is 0.261 e. The summed E-state index contributed by atoms with van der Waals surface area (Å²) in [5, 5.41) is 6.43. The summed E-state index contributed by atoms with van der Waals surface area (Å²) in [6, 6.07) is 14.6. The number of likely N-dealkylation sites (N-methyl/N-ethyl adjacent to an activating group) is 1. The summed E-state index contributed by atoms with van der Waals surface area (Å²) in [5.74, 6) is 0.0924. The number of carbonyl (C=O) groups excluding carboxylic acids is 1. The Balaban J connectivity index is 1.63. The zero-order valence-electron chi connectivity index (χ0n) is 17.0. The van der Waals surface area contributed by atoms with Crippen LogP contribution in [0.1, 0.15) is 18.1 Å². The normalized spacial score (nSPS) is 26.6. The summed E-state index contributed by atoms with van der Waals surface area (Å²) < 4.78 is 1.05. The van der Waals surface area contributed by atoms with E-state index in [9.17, 15) is 4.79 Å². The highest BCUT2D eigenvalue weighted by Gasteiger charge is 2.59. The molecule has 3 aliphatic rings. The van der Waals surface area contributed by atoms with Crippen molar-refractivity contribution in [3.05, 3.63) is 58.1 Å². The quantitative estimate of drug-likeness (QED) is 0.659. The molecule has 0 radical (unpaired) electrons. The van der Waals surface area contributed by atoms with Crippen LogP contribution in [0.3, 0.4) is 0 Å². The van der Waals surface area contributed by atoms with Crippen molar-refractivity contribution in [2.75, 3.05) is 36.6 Å². The van der Waals surface area contributed by atoms with Crippen molar-refractivity contribution < 1.29 is 4.79 Å². The van der Waals surface area contributed by atoms with Crippen molar-refractivity contribution in [3.63, 3.8) is 0 Å². The second-order valence-corrected chi connectivity index (χ2v) is 9.45. The van der Waals surface area contributed by atoms with Crippen molar-refractivity contribution in [2.24, 2.45) is 10.5 Å². The third-order valence-electron chi connectivity index (χ3n) is 6.72. The van der Waals surface area contributed by atoms with Crippen LogP contribution in [-0.2, 0) is 11.2 Å². The van der Waals surface area contributed by atoms with E-state index in [-0.39, 0.29) is 11.9 Å². The third kappa shape index (κ3) is 2.76. The highest BCUT2D eigenvalue weighted by molar-refractivity contribution is 9.10. The molecule has 6 heteroatoms. The number of rotatable bonds is 1. The number of hydrogen-bond donors (Lipinski definition) is 0. The first-order valence-electron chi connectivity index (χ1n) is 10.1. The van der Waals surface area contributed by atoms with Crippen molar-refractivity contribution in [2.45, 2.75) is 26.3 Å². The van der Waals surface area contributed by atoms with Crippen LogP contribution in [0.2, 0.25) is 0 Å². The van der Waals surface area contributed by atoms with Crippen LogP contribution in [0.5, 0.6) is 0 Å². The molecule has 0 bridgehead atoms. The molecule has 5 rings (SSSR count). The van der Waals surface area contributed by atoms with Gasteiger partial charge in [0.05, 0.1) is 17.4 Å². The smallest absolute Gasteiger partial charge is 0.261 e. The SMILES string of the molecule is CC1=NN(c2ccc(C)cc2)C(=O)[C@]12Cc1cc(Br)ccc1N1CCN(C)C[C@@H]12. The molecule has 1 fully saturated rings. The van der Waals surface area contributed by atoms with Crippen LogP contribution in [0.25, 0.3) is 0 Å². The molecule has 5 nitrogen and oxygen atoms in total. The highest BCUT2D eigenvalue weighted by Crippen LogP contribution is 2.48. The number of hydrogen-bond acceptors (Lipinski definition) is 4. The van der Waals surface area contributed by atoms with Gasteiger partial charge in [0.1, 0.15) is 5.41 Å². The number of benzene rings is 2. The fourth-order valence-corrected chi connectivity index (χ4v) is 5.51. The molecule has 3 heterocycles. The van der Waals surface area contributed by atoms with E-state index >= 15 is 0 Å². The molecule has 29 heavy (non-hydrogen) atoms. The minimum absolute atomic E-state index is 0.0848. The van der Waals surface area contributed by atoms with E-state index in [0.29, 0.717) is 6.42 Å². The Hall–Kier alpha value is -2.18. The van der Waals surface area contributed by atoms with Gasteiger partial charge in [0.2, 0.25) is 0 Å². The molecule has 150 valence electrons. The number of amides is 1. The molecule has 0 aromatic heterocycles. The third-order valence-corrected chi connectivity index (χ3v) is 7.21. The summed E-state index contributed by atoms with van der Waals surface area (Å²) in [6.45, 7) is 6.85. The molecular formula is C23H25BrN4O. The lowest BCUT2D eigenvalue weighted by Crippen LogP contribution is -2.66. The van der Waals surface area contributed by atoms with Gasteiger partial charge in [-0.3, -0.25) is 4.79 Å². The average molecular weight is 453 g/mol. The summed E-state index contributed by atoms with van der Waals surface area (Å²) in [5.41, 5.74) is 4.77. The molecule has 0 saturated carbocycles. The molecule has 0 aliphatic carbocycles. The van der Waals surface area contributed by atoms with Gasteiger partial charge in [0.15, 0.2) is 0 Å². The molecule has 1 amide bonds. The maximum atomic E-state index is 14.0. The Morgan fingerprint density at radius 2 is 1.86 bits per heavy atom. The summed E-state index contributed by atoms with van der Waals surface area (Å²) in [4.78, 5) is 18.8. The van der Waals surface area contributed by atoms with Crippen molar-refractivity contribution >= 4 is 38.9 Å². The molecule has 0 unspecified atom stereocenters. The molecule has 0 N–H and O–H groups in total. The first-order chi connectivity index (χ1) is 13.9. The molecule has 3 aliphatic heterocycles. The van der Waals surface area contributed by atoms with Crippen LogP contribution < -0.4 is 9.91 Å². The molecule has 1 spiro atoms. The van der Waals surface area contributed by atoms with E-state index in [2.05, 4.69) is 57.9 Å². The molecule has 2 atom stereocenters. The van der Waals surface area contributed by atoms with Crippen LogP contribution >= 0.6 is 15.9 Å². The summed E-state index contributed by atoms with van der Waals surface area (Å²) in [6.07, 6.45) is 0.688. The zero-order valence-corrected chi connectivity index (χ0v) is 18.6. The van der Waals surface area contributed by atoms with E-state index in [0.717, 1.165) is 35.5 Å². The average Bonchev–Trinajstić information content (AvgIpc) is 2.94. The number of piperazine rings is 1. The van der Waals surface area contributed by atoms with E-state index in [1.807, 2.05) is 31.2 Å². The summed E-state index contributed by atoms with van der Waals surface area (Å²) >= 11 is 3.62. The van der Waals surface area contributed by atoms with Crippen molar-refractivity contribution in [1.82, 2.24) is 4.90 Å². The first-order valence-corrected chi connectivity index (χ1v) is 10.9. The first kappa shape index (κ1) is 18.8. The molecule has 2 aromatic rings. The van der Waals surface area contributed by atoms with E-state index < -0.39 is 5.41 Å². The Kier molecular flexibility index (Phi) is 4.33. The van der Waals surface area contributed by atoms with Crippen LogP contribution in [0.15, 0.2) is 52.0 Å². The predicted molar refractivity (Wildman–Crippen MR) is 121 cm³/mol. The lowest BCUT2D eigenvalue weighted by atomic mass is 9.67. The Morgan fingerprint density at radius 1 is 1.10 bits per heavy atom. The fourth-order valence-electron chi connectivity index (χ4n) is 5.10. The Labute approximate surface area is 180 Å². The van der Waals surface area contributed by atoms with Gasteiger partial charge in [-0.2, -0.15) is 10.1 Å². The van der Waals surface area contributed by atoms with Gasteiger partial charge in [-0.15, -0.1) is 0 Å². The number of halogens is 1. The van der Waals surface area contributed by atoms with Gasteiger partial charge in [-0.05, 0) is 63.2 Å². The number of hydrazone groups is 1. The second-order valence-electron chi connectivity index (χ2n) is 8.53. The Morgan fingerprint density at radius 3 is 2.62 bits per heavy atom. The number of carbonyl (C=O) groups is 1. The number of aryl methyl sites for hydroxylation is 1. The van der Waals surface area contributed by atoms with Crippen LogP contribution in [0.4, 0.5) is 11.4 Å². The standard InChI is InChI=1S/C23H25BrN4O/c1-15-4-7-19(8-5-15)28-22(29)23(16(2)25-28)13-17-12-18(24)6-9-20(17)27-11-10-26(3)14-21(23)27/h4-9,12,21H,10-11,13-14H2,1-3H3/t21-,23-/m1/s1. The van der Waals surface area contributed by atoms with Gasteiger partial charge in [-0.25, -0.2) is 0 Å². The minimum Gasteiger partial charge on any atom is -0.364 e. The lowest BCUT2D eigenvalue weighted by Gasteiger charge is -2.52. The van der Waals surface area contributed by atoms with E-state index in [4.69, 9.17) is 5.10 Å². The molecular weight excluding hydrogens is 428 g/mol. The second kappa shape index (κ2) is 6.67. The van der Waals surface area contributed by atoms with Crippen LogP contribution in [0, 0.1) is 12.3 Å². The van der Waals surface area contributed by atoms with Gasteiger partial charge >= 0.3 is 0 Å². The van der Waals surface area contributed by atoms with E-state index in [1.54, 1.807) is 5.01 Å². The maximum absolute atomic E-state index is 14.0. The summed E-state index contributed by atoms with van der Waals surface area (Å²) in [7, 11) is 2.14. The largest absolute Gasteiger partial charge is 0.364 e. The highest BCUT2D eigenvalue weighted by atomic mass is 79.9. The number of fused-ring (bicyclic) bond motifs is 4. The van der Waals surface area contributed by atoms with Gasteiger partial charge in [0, 0.05) is 29.8 Å². The van der Waals surface area contributed by atoms with Gasteiger partial charge in [0.25, 0.3) is 5.91 Å². The molecule has 1 saturated heterocycles. The Bertz CT molecular complexity index is 1020. The number of anilines is 2. The monoisotopic (exact) mass is 452 g/mol. The topological polar surface area (TPSA) is 39.2 Å². The van der Waals surface area contributed by atoms with Gasteiger partial charge < -0.3 is 9.80 Å². The van der Waals surface area contributed by atoms with E-state index in [1.165, 1.54) is 16.8 Å². The fraction of sp³-hybridized carbons (Fsp3) is 0.391. The van der Waals surface area contributed by atoms with Crippen molar-refractivity contribution in [3.8, 4) is 0 Å². The lowest BCUT2D eigenvalue weighted by molar-refractivity contribution is -0.125. The zero-order chi connectivity index (χ0) is 20.3. The van der Waals surface area contributed by atoms with Crippen LogP contribution in [-0.4, -0.2) is 49.2 Å². The molecule has 2 aromatic carbocycles. The minimum atomic E-state index is -0.632. The van der Waals surface area contributed by atoms with Gasteiger partial charge in [-0.1, -0.05) is 33.6 Å². The predicted octanol–water partition coefficient (Wildman–Crippen LogP) is 3.84. The van der Waals surface area contributed by atoms with Crippen molar-refractivity contribution in [1.29, 1.82) is 0 Å².